The van der Waals surface area contributed by atoms with Gasteiger partial charge in [-0.1, -0.05) is 23.7 Å². The predicted molar refractivity (Wildman–Crippen MR) is 112 cm³/mol. The molecule has 6 nitrogen and oxygen atoms in total. The van der Waals surface area contributed by atoms with Crippen LogP contribution in [0.1, 0.15) is 17.2 Å². The second kappa shape index (κ2) is 8.68. The molecule has 3 rings (SSSR count). The van der Waals surface area contributed by atoms with Crippen molar-refractivity contribution in [1.82, 2.24) is 9.80 Å². The van der Waals surface area contributed by atoms with Crippen molar-refractivity contribution < 1.29 is 19.4 Å². The number of carbonyl (C=O) groups excluding carboxylic acids is 2. The van der Waals surface area contributed by atoms with Gasteiger partial charge in [-0.25, -0.2) is 0 Å². The second-order valence-corrected chi connectivity index (χ2v) is 7.52. The van der Waals surface area contributed by atoms with Gasteiger partial charge in [0.2, 0.25) is 0 Å². The van der Waals surface area contributed by atoms with Crippen LogP contribution in [0.15, 0.2) is 54.1 Å². The lowest BCUT2D eigenvalue weighted by atomic mass is 9.95. The quantitative estimate of drug-likeness (QED) is 0.446. The number of rotatable bonds is 6. The van der Waals surface area contributed by atoms with Crippen molar-refractivity contribution in [3.8, 4) is 5.75 Å². The van der Waals surface area contributed by atoms with Crippen LogP contribution in [0, 0.1) is 0 Å². The molecule has 1 atom stereocenters. The molecule has 29 heavy (non-hydrogen) atoms. The number of likely N-dealkylation sites (tertiary alicyclic amines) is 1. The third-order valence-electron chi connectivity index (χ3n) is 4.86. The van der Waals surface area contributed by atoms with Gasteiger partial charge in [0.05, 0.1) is 18.7 Å². The van der Waals surface area contributed by atoms with Crippen LogP contribution >= 0.6 is 11.6 Å². The summed E-state index contributed by atoms with van der Waals surface area (Å²) in [7, 11) is 5.34. The number of Topliss-reactive ketones (excluding diaryl/α,β-unsaturated/α-hetero) is 1. The highest BCUT2D eigenvalue weighted by Crippen LogP contribution is 2.40. The number of ketones is 1. The molecule has 1 aliphatic rings. The highest BCUT2D eigenvalue weighted by atomic mass is 35.5. The Hall–Kier alpha value is -2.83. The van der Waals surface area contributed by atoms with Gasteiger partial charge in [-0.15, -0.1) is 0 Å². The number of amides is 1. The van der Waals surface area contributed by atoms with E-state index in [4.69, 9.17) is 16.3 Å². The van der Waals surface area contributed by atoms with Gasteiger partial charge in [0.1, 0.15) is 11.5 Å². The van der Waals surface area contributed by atoms with Gasteiger partial charge < -0.3 is 19.6 Å². The highest BCUT2D eigenvalue weighted by Gasteiger charge is 2.45. The van der Waals surface area contributed by atoms with E-state index in [-0.39, 0.29) is 11.3 Å². The Labute approximate surface area is 174 Å². The molecular formula is C22H23ClN2O4. The molecule has 0 radical (unpaired) electrons. The Morgan fingerprint density at radius 1 is 1.17 bits per heavy atom. The van der Waals surface area contributed by atoms with E-state index in [9.17, 15) is 14.7 Å². The summed E-state index contributed by atoms with van der Waals surface area (Å²) in [6.45, 7) is 0.922. The predicted octanol–water partition coefficient (Wildman–Crippen LogP) is 3.33. The molecule has 1 N–H and O–H groups in total. The van der Waals surface area contributed by atoms with Gasteiger partial charge in [-0.3, -0.25) is 9.59 Å². The summed E-state index contributed by atoms with van der Waals surface area (Å²) in [6.07, 6.45) is 0. The SMILES string of the molecule is COc1cccc(C2/C(=C(\O)c3ccc(Cl)cc3)C(=O)C(=O)N2CCN(C)C)c1. The first-order valence-corrected chi connectivity index (χ1v) is 9.54. The van der Waals surface area contributed by atoms with Gasteiger partial charge in [-0.05, 0) is 56.1 Å². The molecule has 1 aliphatic heterocycles. The third-order valence-corrected chi connectivity index (χ3v) is 5.11. The number of benzene rings is 2. The number of aliphatic hydroxyl groups excluding tert-OH is 1. The number of likely N-dealkylation sites (N-methyl/N-ethyl adjacent to an activating group) is 1. The molecule has 152 valence electrons. The summed E-state index contributed by atoms with van der Waals surface area (Å²) in [5.74, 6) is -0.952. The second-order valence-electron chi connectivity index (χ2n) is 7.08. The van der Waals surface area contributed by atoms with Crippen LogP contribution in [0.3, 0.4) is 0 Å². The van der Waals surface area contributed by atoms with Crippen molar-refractivity contribution >= 4 is 29.1 Å². The van der Waals surface area contributed by atoms with Crippen molar-refractivity contribution in [3.05, 3.63) is 70.3 Å². The zero-order chi connectivity index (χ0) is 21.1. The average molecular weight is 415 g/mol. The standard InChI is InChI=1S/C22H23ClN2O4/c1-24(2)11-12-25-19(15-5-4-6-17(13-15)29-3)18(21(27)22(25)28)20(26)14-7-9-16(23)10-8-14/h4-10,13,19,26H,11-12H2,1-3H3/b20-18+. The van der Waals surface area contributed by atoms with Gasteiger partial charge in [0, 0.05) is 23.7 Å². The van der Waals surface area contributed by atoms with E-state index < -0.39 is 17.7 Å². The molecule has 0 saturated carbocycles. The Morgan fingerprint density at radius 2 is 1.86 bits per heavy atom. The summed E-state index contributed by atoms with van der Waals surface area (Å²) in [6, 6.07) is 12.9. The molecule has 1 unspecified atom stereocenters. The molecule has 2 aromatic rings. The number of methoxy groups -OCH3 is 1. The van der Waals surface area contributed by atoms with Crippen LogP contribution in [-0.2, 0) is 9.59 Å². The molecule has 1 fully saturated rings. The number of aliphatic hydroxyl groups is 1. The number of ether oxygens (including phenoxy) is 1. The maximum atomic E-state index is 12.9. The minimum absolute atomic E-state index is 0.0596. The lowest BCUT2D eigenvalue weighted by Gasteiger charge is -2.26. The first-order valence-electron chi connectivity index (χ1n) is 9.16. The molecule has 0 aromatic heterocycles. The average Bonchev–Trinajstić information content (AvgIpc) is 2.97. The van der Waals surface area contributed by atoms with Crippen LogP contribution in [0.2, 0.25) is 5.02 Å². The molecule has 1 amide bonds. The molecule has 0 aliphatic carbocycles. The van der Waals surface area contributed by atoms with Crippen LogP contribution in [0.4, 0.5) is 0 Å². The van der Waals surface area contributed by atoms with Crippen LogP contribution in [0.5, 0.6) is 5.75 Å². The van der Waals surface area contributed by atoms with Gasteiger partial charge in [0.25, 0.3) is 11.7 Å². The maximum Gasteiger partial charge on any atom is 0.295 e. The lowest BCUT2D eigenvalue weighted by Crippen LogP contribution is -2.35. The maximum absolute atomic E-state index is 12.9. The summed E-state index contributed by atoms with van der Waals surface area (Å²) in [5, 5.41) is 11.5. The largest absolute Gasteiger partial charge is 0.507 e. The minimum Gasteiger partial charge on any atom is -0.507 e. The van der Waals surface area contributed by atoms with Crippen LogP contribution in [0.25, 0.3) is 5.76 Å². The Kier molecular flexibility index (Phi) is 6.25. The van der Waals surface area contributed by atoms with E-state index in [1.54, 1.807) is 49.6 Å². The molecule has 1 heterocycles. The van der Waals surface area contributed by atoms with Crippen molar-refractivity contribution in [1.29, 1.82) is 0 Å². The molecule has 2 aromatic carbocycles. The van der Waals surface area contributed by atoms with Crippen molar-refractivity contribution in [2.45, 2.75) is 6.04 Å². The van der Waals surface area contributed by atoms with Crippen molar-refractivity contribution in [2.75, 3.05) is 34.3 Å². The Balaban J connectivity index is 2.15. The monoisotopic (exact) mass is 414 g/mol. The number of hydrogen-bond donors (Lipinski definition) is 1. The van der Waals surface area contributed by atoms with Crippen molar-refractivity contribution in [2.24, 2.45) is 0 Å². The van der Waals surface area contributed by atoms with E-state index >= 15 is 0 Å². The van der Waals surface area contributed by atoms with Gasteiger partial charge >= 0.3 is 0 Å². The van der Waals surface area contributed by atoms with Gasteiger partial charge in [0.15, 0.2) is 0 Å². The molecule has 1 saturated heterocycles. The highest BCUT2D eigenvalue weighted by molar-refractivity contribution is 6.46. The van der Waals surface area contributed by atoms with E-state index in [1.165, 1.54) is 4.90 Å². The normalized spacial score (nSPS) is 18.5. The van der Waals surface area contributed by atoms with Crippen LogP contribution in [-0.4, -0.2) is 60.9 Å². The number of nitrogens with zero attached hydrogens (tertiary/aromatic N) is 2. The van der Waals surface area contributed by atoms with Crippen LogP contribution < -0.4 is 4.74 Å². The van der Waals surface area contributed by atoms with E-state index in [1.807, 2.05) is 25.1 Å². The summed E-state index contributed by atoms with van der Waals surface area (Å²) in [4.78, 5) is 29.1. The lowest BCUT2D eigenvalue weighted by molar-refractivity contribution is -0.140. The Morgan fingerprint density at radius 3 is 2.48 bits per heavy atom. The smallest absolute Gasteiger partial charge is 0.295 e. The summed E-state index contributed by atoms with van der Waals surface area (Å²) < 4.78 is 5.31. The van der Waals surface area contributed by atoms with Crippen molar-refractivity contribution in [3.63, 3.8) is 0 Å². The molecule has 0 spiro atoms. The Bertz CT molecular complexity index is 954. The first-order chi connectivity index (χ1) is 13.8. The minimum atomic E-state index is -0.708. The molecule has 0 bridgehead atoms. The zero-order valence-corrected chi connectivity index (χ0v) is 17.3. The number of carbonyl (C=O) groups is 2. The molecule has 7 heteroatoms. The van der Waals surface area contributed by atoms with E-state index in [0.717, 1.165) is 0 Å². The topological polar surface area (TPSA) is 70.1 Å². The fraction of sp³-hybridized carbons (Fsp3) is 0.273. The first kappa shape index (κ1) is 20.9. The fourth-order valence-corrected chi connectivity index (χ4v) is 3.47. The van der Waals surface area contributed by atoms with E-state index in [0.29, 0.717) is 35.0 Å². The number of hydrogen-bond acceptors (Lipinski definition) is 5. The zero-order valence-electron chi connectivity index (χ0n) is 16.6. The molecular weight excluding hydrogens is 392 g/mol. The van der Waals surface area contributed by atoms with Gasteiger partial charge in [-0.2, -0.15) is 0 Å². The summed E-state index contributed by atoms with van der Waals surface area (Å²) >= 11 is 5.93. The van der Waals surface area contributed by atoms with E-state index in [2.05, 4.69) is 0 Å². The summed E-state index contributed by atoms with van der Waals surface area (Å²) in [5.41, 5.74) is 1.18. The fourth-order valence-electron chi connectivity index (χ4n) is 3.34. The number of halogens is 1. The third kappa shape index (κ3) is 4.28.